The summed E-state index contributed by atoms with van der Waals surface area (Å²) in [7, 11) is 0. The van der Waals surface area contributed by atoms with Gasteiger partial charge in [0.2, 0.25) is 0 Å². The number of nitrogens with zero attached hydrogens (tertiary/aromatic N) is 1. The van der Waals surface area contributed by atoms with Crippen molar-refractivity contribution in [2.45, 2.75) is 53.0 Å². The maximum atomic E-state index is 12.8. The van der Waals surface area contributed by atoms with Crippen LogP contribution in [0.2, 0.25) is 0 Å². The summed E-state index contributed by atoms with van der Waals surface area (Å²) in [5.74, 6) is -0.0378. The van der Waals surface area contributed by atoms with Crippen LogP contribution in [-0.4, -0.2) is 36.1 Å². The second kappa shape index (κ2) is 11.6. The zero-order valence-corrected chi connectivity index (χ0v) is 21.0. The predicted molar refractivity (Wildman–Crippen MR) is 137 cm³/mol. The Kier molecular flexibility index (Phi) is 8.52. The van der Waals surface area contributed by atoms with Gasteiger partial charge in [-0.15, -0.1) is 0 Å². The Hall–Kier alpha value is -3.81. The number of nitrogens with one attached hydrogen (secondary N) is 3. The summed E-state index contributed by atoms with van der Waals surface area (Å²) in [5, 5.41) is 8.54. The molecule has 1 aliphatic rings. The monoisotopic (exact) mass is 478 g/mol. The summed E-state index contributed by atoms with van der Waals surface area (Å²) >= 11 is 0. The van der Waals surface area contributed by atoms with Gasteiger partial charge < -0.3 is 20.7 Å². The predicted octanol–water partition coefficient (Wildman–Crippen LogP) is 5.77. The molecule has 8 nitrogen and oxygen atoms in total. The van der Waals surface area contributed by atoms with Crippen LogP contribution < -0.4 is 16.0 Å². The molecule has 1 heterocycles. The normalized spacial score (nSPS) is 15.7. The molecule has 0 fully saturated rings. The number of carbonyl (C=O) groups excluding carboxylic acids is 3. The van der Waals surface area contributed by atoms with Gasteiger partial charge >= 0.3 is 18.0 Å². The topological polar surface area (TPSA) is 99.8 Å². The third-order valence-electron chi connectivity index (χ3n) is 5.88. The highest BCUT2D eigenvalue weighted by Gasteiger charge is 2.36. The molecule has 35 heavy (non-hydrogen) atoms. The van der Waals surface area contributed by atoms with Crippen molar-refractivity contribution in [2.24, 2.45) is 0 Å². The van der Waals surface area contributed by atoms with Crippen molar-refractivity contribution in [3.63, 3.8) is 0 Å². The molecule has 0 spiro atoms. The van der Waals surface area contributed by atoms with Crippen LogP contribution in [0.5, 0.6) is 0 Å². The van der Waals surface area contributed by atoms with Crippen molar-refractivity contribution in [1.82, 2.24) is 10.2 Å². The maximum absolute atomic E-state index is 12.8. The fourth-order valence-electron chi connectivity index (χ4n) is 4.00. The molecule has 0 bridgehead atoms. The number of anilines is 2. The van der Waals surface area contributed by atoms with E-state index >= 15 is 0 Å². The first-order valence-corrected chi connectivity index (χ1v) is 12.0. The number of esters is 1. The Morgan fingerprint density at radius 3 is 2.09 bits per heavy atom. The van der Waals surface area contributed by atoms with E-state index in [1.807, 2.05) is 31.2 Å². The van der Waals surface area contributed by atoms with Gasteiger partial charge in [0.25, 0.3) is 0 Å². The Labute approximate surface area is 206 Å². The highest BCUT2D eigenvalue weighted by Crippen LogP contribution is 2.32. The first kappa shape index (κ1) is 25.8. The zero-order chi connectivity index (χ0) is 25.5. The van der Waals surface area contributed by atoms with E-state index in [0.717, 1.165) is 6.42 Å². The number of urea groups is 2. The van der Waals surface area contributed by atoms with Gasteiger partial charge in [-0.1, -0.05) is 45.0 Å². The maximum Gasteiger partial charge on any atom is 0.338 e. The van der Waals surface area contributed by atoms with E-state index < -0.39 is 12.0 Å². The number of rotatable bonds is 8. The third kappa shape index (κ3) is 6.20. The van der Waals surface area contributed by atoms with Gasteiger partial charge in [0.05, 0.1) is 18.2 Å². The van der Waals surface area contributed by atoms with Crippen LogP contribution in [0, 0.1) is 0 Å². The van der Waals surface area contributed by atoms with E-state index in [2.05, 4.69) is 29.8 Å². The first-order chi connectivity index (χ1) is 16.7. The van der Waals surface area contributed by atoms with Crippen LogP contribution in [-0.2, 0) is 9.53 Å². The SMILES string of the molecule is CCCN1C(=O)NC(c2ccc(NC(=O)Nc3ccc(C(C)C)cc3)cc2)C(C(=O)OCC)=C1C. The van der Waals surface area contributed by atoms with Crippen molar-refractivity contribution in [3.8, 4) is 0 Å². The minimum Gasteiger partial charge on any atom is -0.463 e. The van der Waals surface area contributed by atoms with E-state index in [0.29, 0.717) is 40.7 Å². The van der Waals surface area contributed by atoms with Gasteiger partial charge in [-0.3, -0.25) is 4.90 Å². The molecule has 1 atom stereocenters. The standard InChI is InChI=1S/C27H34N4O4/c1-6-16-31-18(5)23(25(32)35-7-2)24(30-27(31)34)20-10-14-22(15-11-20)29-26(33)28-21-12-8-19(9-13-21)17(3)4/h8-15,17,24H,6-7,16H2,1-5H3,(H,30,34)(H2,28,29,33). The average molecular weight is 479 g/mol. The lowest BCUT2D eigenvalue weighted by Gasteiger charge is -2.35. The Morgan fingerprint density at radius 1 is 1.00 bits per heavy atom. The molecule has 0 aromatic heterocycles. The molecule has 4 amide bonds. The number of ether oxygens (including phenoxy) is 1. The molecule has 1 unspecified atom stereocenters. The molecule has 186 valence electrons. The zero-order valence-electron chi connectivity index (χ0n) is 21.0. The molecule has 3 N–H and O–H groups in total. The number of benzene rings is 2. The van der Waals surface area contributed by atoms with E-state index in [-0.39, 0.29) is 18.7 Å². The van der Waals surface area contributed by atoms with Gasteiger partial charge in [0.1, 0.15) is 0 Å². The molecule has 0 radical (unpaired) electrons. The lowest BCUT2D eigenvalue weighted by Crippen LogP contribution is -2.48. The van der Waals surface area contributed by atoms with Crippen molar-refractivity contribution in [3.05, 3.63) is 70.9 Å². The highest BCUT2D eigenvalue weighted by atomic mass is 16.5. The minimum absolute atomic E-state index is 0.238. The highest BCUT2D eigenvalue weighted by molar-refractivity contribution is 6.00. The van der Waals surface area contributed by atoms with Crippen molar-refractivity contribution in [1.29, 1.82) is 0 Å². The molecule has 0 saturated carbocycles. The van der Waals surface area contributed by atoms with Crippen LogP contribution in [0.1, 0.15) is 64.1 Å². The molecule has 8 heteroatoms. The van der Waals surface area contributed by atoms with Crippen LogP contribution in [0.25, 0.3) is 0 Å². The van der Waals surface area contributed by atoms with Gasteiger partial charge in [0.15, 0.2) is 0 Å². The molecule has 2 aromatic rings. The second-order valence-corrected chi connectivity index (χ2v) is 8.73. The summed E-state index contributed by atoms with van der Waals surface area (Å²) in [6, 6.07) is 13.5. The van der Waals surface area contributed by atoms with Crippen molar-refractivity contribution in [2.75, 3.05) is 23.8 Å². The van der Waals surface area contributed by atoms with Gasteiger partial charge in [-0.2, -0.15) is 0 Å². The molecule has 1 aliphatic heterocycles. The largest absolute Gasteiger partial charge is 0.463 e. The smallest absolute Gasteiger partial charge is 0.338 e. The summed E-state index contributed by atoms with van der Waals surface area (Å²) < 4.78 is 5.28. The quantitative estimate of drug-likeness (QED) is 0.420. The van der Waals surface area contributed by atoms with E-state index in [9.17, 15) is 14.4 Å². The lowest BCUT2D eigenvalue weighted by atomic mass is 9.94. The second-order valence-electron chi connectivity index (χ2n) is 8.73. The van der Waals surface area contributed by atoms with Crippen LogP contribution in [0.3, 0.4) is 0 Å². The van der Waals surface area contributed by atoms with Gasteiger partial charge in [-0.25, -0.2) is 14.4 Å². The molecule has 2 aromatic carbocycles. The van der Waals surface area contributed by atoms with E-state index in [4.69, 9.17) is 4.74 Å². The molecule has 3 rings (SSSR count). The summed E-state index contributed by atoms with van der Waals surface area (Å²) in [5.41, 5.74) is 4.19. The van der Waals surface area contributed by atoms with Crippen LogP contribution in [0.4, 0.5) is 21.0 Å². The number of allylic oxidation sites excluding steroid dienone is 1. The number of hydrogen-bond acceptors (Lipinski definition) is 4. The Balaban J connectivity index is 1.75. The summed E-state index contributed by atoms with van der Waals surface area (Å²) in [4.78, 5) is 39.5. The Morgan fingerprint density at radius 2 is 1.57 bits per heavy atom. The molecule has 0 aliphatic carbocycles. The first-order valence-electron chi connectivity index (χ1n) is 12.0. The lowest BCUT2D eigenvalue weighted by molar-refractivity contribution is -0.139. The fraction of sp³-hybridized carbons (Fsp3) is 0.370. The van der Waals surface area contributed by atoms with Gasteiger partial charge in [0, 0.05) is 23.6 Å². The molecule has 0 saturated heterocycles. The van der Waals surface area contributed by atoms with E-state index in [1.54, 1.807) is 43.0 Å². The number of carbonyl (C=O) groups is 3. The van der Waals surface area contributed by atoms with E-state index in [1.165, 1.54) is 5.56 Å². The average Bonchev–Trinajstić information content (AvgIpc) is 2.82. The van der Waals surface area contributed by atoms with Crippen LogP contribution >= 0.6 is 0 Å². The van der Waals surface area contributed by atoms with Crippen molar-refractivity contribution < 1.29 is 19.1 Å². The summed E-state index contributed by atoms with van der Waals surface area (Å²) in [6.07, 6.45) is 0.760. The minimum atomic E-state index is -0.642. The van der Waals surface area contributed by atoms with Crippen molar-refractivity contribution >= 4 is 29.4 Å². The summed E-state index contributed by atoms with van der Waals surface area (Å²) in [6.45, 7) is 10.5. The molecular weight excluding hydrogens is 444 g/mol. The third-order valence-corrected chi connectivity index (χ3v) is 5.88. The Bertz CT molecular complexity index is 1090. The molecular formula is C27H34N4O4. The van der Waals surface area contributed by atoms with Gasteiger partial charge in [-0.05, 0) is 61.6 Å². The fourth-order valence-corrected chi connectivity index (χ4v) is 4.00. The number of hydrogen-bond donors (Lipinski definition) is 3. The van der Waals surface area contributed by atoms with Crippen LogP contribution in [0.15, 0.2) is 59.8 Å². The number of amides is 4.